The summed E-state index contributed by atoms with van der Waals surface area (Å²) in [7, 11) is 1.65. The van der Waals surface area contributed by atoms with Crippen LogP contribution in [0.3, 0.4) is 0 Å². The number of rotatable bonds is 7. The molecule has 0 bridgehead atoms. The van der Waals surface area contributed by atoms with E-state index in [4.69, 9.17) is 4.74 Å². The molecule has 7 heteroatoms. The van der Waals surface area contributed by atoms with Gasteiger partial charge in [0.15, 0.2) is 6.54 Å². The highest BCUT2D eigenvalue weighted by Crippen LogP contribution is 2.24. The van der Waals surface area contributed by atoms with Crippen LogP contribution < -0.4 is 19.9 Å². The SMILES string of the molecule is COc1ccc([C@H](NC(=O)C[NH+]2CCN(c3ncccn3)CC2)c2ccccc2)cc1. The van der Waals surface area contributed by atoms with Crippen molar-refractivity contribution in [2.45, 2.75) is 6.04 Å². The lowest BCUT2D eigenvalue weighted by Crippen LogP contribution is -3.16. The minimum atomic E-state index is -0.196. The molecule has 1 amide bonds. The molecule has 0 radical (unpaired) electrons. The highest BCUT2D eigenvalue weighted by molar-refractivity contribution is 5.78. The van der Waals surface area contributed by atoms with Gasteiger partial charge in [0.1, 0.15) is 5.75 Å². The summed E-state index contributed by atoms with van der Waals surface area (Å²) in [4.78, 5) is 25.0. The molecule has 2 heterocycles. The Morgan fingerprint density at radius 1 is 1.00 bits per heavy atom. The van der Waals surface area contributed by atoms with Crippen LogP contribution >= 0.6 is 0 Å². The standard InChI is InChI=1S/C24H27N5O2/c1-31-21-10-8-20(9-11-21)23(19-6-3-2-4-7-19)27-22(30)18-28-14-16-29(17-15-28)24-25-12-5-13-26-24/h2-13,23H,14-18H2,1H3,(H,27,30)/p+1/t23-/m1/s1. The van der Waals surface area contributed by atoms with Crippen molar-refractivity contribution in [1.29, 1.82) is 0 Å². The molecule has 0 saturated carbocycles. The number of anilines is 1. The summed E-state index contributed by atoms with van der Waals surface area (Å²) in [5.41, 5.74) is 2.09. The molecule has 7 nitrogen and oxygen atoms in total. The molecule has 1 aliphatic rings. The molecule has 0 aliphatic carbocycles. The molecule has 2 N–H and O–H groups in total. The number of piperazine rings is 1. The monoisotopic (exact) mass is 418 g/mol. The van der Waals surface area contributed by atoms with Gasteiger partial charge in [0.25, 0.3) is 5.91 Å². The van der Waals surface area contributed by atoms with Crippen molar-refractivity contribution in [3.05, 3.63) is 84.2 Å². The largest absolute Gasteiger partial charge is 0.497 e. The zero-order valence-electron chi connectivity index (χ0n) is 17.7. The van der Waals surface area contributed by atoms with Crippen molar-refractivity contribution in [3.63, 3.8) is 0 Å². The van der Waals surface area contributed by atoms with Gasteiger partial charge in [-0.1, -0.05) is 42.5 Å². The predicted octanol–water partition coefficient (Wildman–Crippen LogP) is 1.10. The third-order valence-corrected chi connectivity index (χ3v) is 5.60. The molecule has 0 unspecified atom stereocenters. The van der Waals surface area contributed by atoms with Crippen LogP contribution in [0.15, 0.2) is 73.1 Å². The number of carbonyl (C=O) groups excluding carboxylic acids is 1. The molecule has 4 rings (SSSR count). The first kappa shape index (κ1) is 20.8. The maximum Gasteiger partial charge on any atom is 0.275 e. The van der Waals surface area contributed by atoms with E-state index in [-0.39, 0.29) is 11.9 Å². The van der Waals surface area contributed by atoms with E-state index in [1.54, 1.807) is 19.5 Å². The predicted molar refractivity (Wildman–Crippen MR) is 119 cm³/mol. The normalized spacial score (nSPS) is 15.3. The fraction of sp³-hybridized carbons (Fsp3) is 0.292. The van der Waals surface area contributed by atoms with Crippen molar-refractivity contribution in [2.24, 2.45) is 0 Å². The Hall–Kier alpha value is -3.45. The molecule has 3 aromatic rings. The average Bonchev–Trinajstić information content (AvgIpc) is 2.84. The van der Waals surface area contributed by atoms with E-state index in [2.05, 4.69) is 20.2 Å². The molecule has 1 fully saturated rings. The smallest absolute Gasteiger partial charge is 0.275 e. The van der Waals surface area contributed by atoms with Crippen LogP contribution in [0.5, 0.6) is 5.75 Å². The highest BCUT2D eigenvalue weighted by Gasteiger charge is 2.25. The lowest BCUT2D eigenvalue weighted by atomic mass is 9.98. The Kier molecular flexibility index (Phi) is 6.74. The summed E-state index contributed by atoms with van der Waals surface area (Å²) in [5, 5.41) is 3.24. The van der Waals surface area contributed by atoms with Gasteiger partial charge in [-0.25, -0.2) is 9.97 Å². The summed E-state index contributed by atoms with van der Waals surface area (Å²) in [6, 6.07) is 19.5. The minimum Gasteiger partial charge on any atom is -0.497 e. The Labute approximate surface area is 182 Å². The number of nitrogens with one attached hydrogen (secondary N) is 2. The number of carbonyl (C=O) groups is 1. The van der Waals surface area contributed by atoms with E-state index in [1.165, 1.54) is 4.90 Å². The van der Waals surface area contributed by atoms with Crippen molar-refractivity contribution in [3.8, 4) is 5.75 Å². The molecule has 2 aromatic carbocycles. The Morgan fingerprint density at radius 3 is 2.29 bits per heavy atom. The summed E-state index contributed by atoms with van der Waals surface area (Å²) in [6.07, 6.45) is 3.52. The second-order valence-corrected chi connectivity index (χ2v) is 7.65. The highest BCUT2D eigenvalue weighted by atomic mass is 16.5. The molecule has 1 saturated heterocycles. The van der Waals surface area contributed by atoms with Gasteiger partial charge in [-0.15, -0.1) is 0 Å². The van der Waals surface area contributed by atoms with E-state index in [1.807, 2.05) is 60.7 Å². The van der Waals surface area contributed by atoms with Crippen LogP contribution in [-0.4, -0.2) is 55.7 Å². The lowest BCUT2D eigenvalue weighted by Gasteiger charge is -2.32. The van der Waals surface area contributed by atoms with Gasteiger partial charge in [-0.2, -0.15) is 0 Å². The van der Waals surface area contributed by atoms with Crippen molar-refractivity contribution >= 4 is 11.9 Å². The Bertz CT molecular complexity index is 958. The first-order valence-corrected chi connectivity index (χ1v) is 10.6. The second-order valence-electron chi connectivity index (χ2n) is 7.65. The van der Waals surface area contributed by atoms with Gasteiger partial charge in [-0.3, -0.25) is 4.79 Å². The van der Waals surface area contributed by atoms with Crippen molar-refractivity contribution in [1.82, 2.24) is 15.3 Å². The van der Waals surface area contributed by atoms with Crippen LogP contribution in [0.2, 0.25) is 0 Å². The molecule has 31 heavy (non-hydrogen) atoms. The summed E-state index contributed by atoms with van der Waals surface area (Å²) in [6.45, 7) is 3.89. The maximum atomic E-state index is 12.9. The molecule has 1 atom stereocenters. The van der Waals surface area contributed by atoms with Crippen LogP contribution in [0, 0.1) is 0 Å². The lowest BCUT2D eigenvalue weighted by molar-refractivity contribution is -0.892. The quantitative estimate of drug-likeness (QED) is 0.601. The first-order valence-electron chi connectivity index (χ1n) is 10.6. The van der Waals surface area contributed by atoms with E-state index >= 15 is 0 Å². The second kappa shape index (κ2) is 10.0. The van der Waals surface area contributed by atoms with Crippen molar-refractivity contribution in [2.75, 3.05) is 44.7 Å². The number of methoxy groups -OCH3 is 1. The summed E-state index contributed by atoms with van der Waals surface area (Å²) in [5.74, 6) is 1.60. The van der Waals surface area contributed by atoms with Crippen LogP contribution in [0.1, 0.15) is 17.2 Å². The van der Waals surface area contributed by atoms with Gasteiger partial charge < -0.3 is 19.9 Å². The van der Waals surface area contributed by atoms with Crippen LogP contribution in [-0.2, 0) is 4.79 Å². The number of ether oxygens (including phenoxy) is 1. The van der Waals surface area contributed by atoms with Crippen molar-refractivity contribution < 1.29 is 14.4 Å². The minimum absolute atomic E-state index is 0.0454. The molecule has 1 aromatic heterocycles. The summed E-state index contributed by atoms with van der Waals surface area (Å²) < 4.78 is 5.27. The molecular formula is C24H28N5O2+. The number of hydrogen-bond donors (Lipinski definition) is 2. The fourth-order valence-corrected chi connectivity index (χ4v) is 3.89. The number of aromatic nitrogens is 2. The number of hydrogen-bond acceptors (Lipinski definition) is 5. The van der Waals surface area contributed by atoms with E-state index in [9.17, 15) is 4.79 Å². The van der Waals surface area contributed by atoms with Crippen LogP contribution in [0.4, 0.5) is 5.95 Å². The maximum absolute atomic E-state index is 12.9. The third kappa shape index (κ3) is 5.38. The van der Waals surface area contributed by atoms with Crippen LogP contribution in [0.25, 0.3) is 0 Å². The zero-order valence-corrected chi connectivity index (χ0v) is 17.7. The molecule has 0 spiro atoms. The van der Waals surface area contributed by atoms with Gasteiger partial charge in [-0.05, 0) is 29.3 Å². The van der Waals surface area contributed by atoms with Gasteiger partial charge in [0.2, 0.25) is 5.95 Å². The van der Waals surface area contributed by atoms with Gasteiger partial charge >= 0.3 is 0 Å². The molecule has 1 aliphatic heterocycles. The van der Waals surface area contributed by atoms with E-state index in [0.29, 0.717) is 6.54 Å². The Balaban J connectivity index is 1.39. The fourth-order valence-electron chi connectivity index (χ4n) is 3.89. The first-order chi connectivity index (χ1) is 15.2. The molecule has 160 valence electrons. The summed E-state index contributed by atoms with van der Waals surface area (Å²) >= 11 is 0. The Morgan fingerprint density at radius 2 is 1.65 bits per heavy atom. The number of benzene rings is 2. The molecular weight excluding hydrogens is 390 g/mol. The third-order valence-electron chi connectivity index (χ3n) is 5.60. The van der Waals surface area contributed by atoms with Gasteiger partial charge in [0.05, 0.1) is 39.3 Å². The van der Waals surface area contributed by atoms with E-state index < -0.39 is 0 Å². The number of quaternary nitrogens is 1. The average molecular weight is 419 g/mol. The zero-order chi connectivity index (χ0) is 21.5. The number of nitrogens with zero attached hydrogens (tertiary/aromatic N) is 3. The number of amides is 1. The van der Waals surface area contributed by atoms with E-state index in [0.717, 1.165) is 49.0 Å². The van der Waals surface area contributed by atoms with Gasteiger partial charge in [0, 0.05) is 12.4 Å². The topological polar surface area (TPSA) is 71.8 Å².